The fraction of sp³-hybridized carbons (Fsp3) is 0.500. The van der Waals surface area contributed by atoms with Crippen LogP contribution in [0.5, 0.6) is 17.2 Å². The maximum Gasteiger partial charge on any atom is 0.180 e. The summed E-state index contributed by atoms with van der Waals surface area (Å²) in [5.41, 5.74) is 7.70. The molecule has 0 radical (unpaired) electrons. The van der Waals surface area contributed by atoms with E-state index in [9.17, 15) is 0 Å². The van der Waals surface area contributed by atoms with Crippen molar-refractivity contribution in [2.75, 3.05) is 46.7 Å². The molecule has 1 saturated heterocycles. The van der Waals surface area contributed by atoms with E-state index in [1.165, 1.54) is 37.3 Å². The number of nitrogens with two attached hydrogens (primary N) is 1. The maximum absolute atomic E-state index is 6.03. The molecule has 1 aliphatic rings. The lowest BCUT2D eigenvalue weighted by Gasteiger charge is -2.16. The zero-order valence-corrected chi connectivity index (χ0v) is 15.8. The standard InChI is InChI=1S/C18H25N3O3S/c1-22-12-10-13(23-2)16(14(11-12)24-3)17-15(25-18(19)20-17)6-9-21-7-4-5-8-21/h10-11H,4-9H2,1-3H3,(H2,19,20). The Morgan fingerprint density at radius 3 is 2.28 bits per heavy atom. The zero-order chi connectivity index (χ0) is 17.8. The summed E-state index contributed by atoms with van der Waals surface area (Å²) in [6.07, 6.45) is 3.50. The van der Waals surface area contributed by atoms with Crippen molar-refractivity contribution in [1.82, 2.24) is 9.88 Å². The van der Waals surface area contributed by atoms with Crippen molar-refractivity contribution >= 4 is 16.5 Å². The van der Waals surface area contributed by atoms with Gasteiger partial charge >= 0.3 is 0 Å². The summed E-state index contributed by atoms with van der Waals surface area (Å²) in [5.74, 6) is 2.02. The molecular weight excluding hydrogens is 338 g/mol. The van der Waals surface area contributed by atoms with Crippen LogP contribution in [0.4, 0.5) is 5.13 Å². The molecular formula is C18H25N3O3S. The van der Waals surface area contributed by atoms with Gasteiger partial charge in [-0.15, -0.1) is 11.3 Å². The smallest absolute Gasteiger partial charge is 0.180 e. The Kier molecular flexibility index (Phi) is 5.65. The summed E-state index contributed by atoms with van der Waals surface area (Å²) in [6.45, 7) is 3.38. The van der Waals surface area contributed by atoms with Crippen molar-refractivity contribution in [1.29, 1.82) is 0 Å². The van der Waals surface area contributed by atoms with E-state index >= 15 is 0 Å². The molecule has 0 atom stereocenters. The third kappa shape index (κ3) is 3.82. The van der Waals surface area contributed by atoms with Gasteiger partial charge in [-0.2, -0.15) is 0 Å². The van der Waals surface area contributed by atoms with E-state index in [0.717, 1.165) is 29.1 Å². The summed E-state index contributed by atoms with van der Waals surface area (Å²) >= 11 is 1.54. The van der Waals surface area contributed by atoms with Crippen molar-refractivity contribution < 1.29 is 14.2 Å². The number of aromatic nitrogens is 1. The average molecular weight is 363 g/mol. The number of hydrogen-bond donors (Lipinski definition) is 1. The van der Waals surface area contributed by atoms with Crippen LogP contribution in [0.2, 0.25) is 0 Å². The molecule has 1 aliphatic heterocycles. The van der Waals surface area contributed by atoms with Crippen LogP contribution in [0.25, 0.3) is 11.3 Å². The third-order valence-electron chi connectivity index (χ3n) is 4.52. The fourth-order valence-electron chi connectivity index (χ4n) is 3.24. The van der Waals surface area contributed by atoms with Crippen molar-refractivity contribution in [3.05, 3.63) is 17.0 Å². The quantitative estimate of drug-likeness (QED) is 0.815. The molecule has 0 unspecified atom stereocenters. The highest BCUT2D eigenvalue weighted by Crippen LogP contribution is 2.44. The first kappa shape index (κ1) is 17.8. The highest BCUT2D eigenvalue weighted by Gasteiger charge is 2.22. The van der Waals surface area contributed by atoms with E-state index in [1.807, 2.05) is 12.1 Å². The Balaban J connectivity index is 1.97. The monoisotopic (exact) mass is 363 g/mol. The number of nitrogens with zero attached hydrogens (tertiary/aromatic N) is 2. The van der Waals surface area contributed by atoms with Crippen LogP contribution in [0.15, 0.2) is 12.1 Å². The highest BCUT2D eigenvalue weighted by molar-refractivity contribution is 7.15. The summed E-state index contributed by atoms with van der Waals surface area (Å²) in [5, 5.41) is 0.561. The molecule has 1 aromatic carbocycles. The fourth-order valence-corrected chi connectivity index (χ4v) is 4.07. The second-order valence-corrected chi connectivity index (χ2v) is 7.14. The first-order valence-electron chi connectivity index (χ1n) is 8.44. The molecule has 7 heteroatoms. The highest BCUT2D eigenvalue weighted by atomic mass is 32.1. The van der Waals surface area contributed by atoms with Gasteiger partial charge in [0.05, 0.1) is 32.6 Å². The Bertz CT molecular complexity index is 701. The van der Waals surface area contributed by atoms with E-state index in [0.29, 0.717) is 22.4 Å². The van der Waals surface area contributed by atoms with Gasteiger partial charge in [-0.05, 0) is 32.4 Å². The normalized spacial score (nSPS) is 14.7. The van der Waals surface area contributed by atoms with E-state index in [4.69, 9.17) is 19.9 Å². The van der Waals surface area contributed by atoms with Gasteiger partial charge in [-0.25, -0.2) is 4.98 Å². The van der Waals surface area contributed by atoms with Crippen LogP contribution >= 0.6 is 11.3 Å². The molecule has 2 N–H and O–H groups in total. The van der Waals surface area contributed by atoms with Crippen LogP contribution in [-0.4, -0.2) is 50.8 Å². The molecule has 6 nitrogen and oxygen atoms in total. The number of anilines is 1. The number of nitrogen functional groups attached to an aromatic ring is 1. The van der Waals surface area contributed by atoms with Crippen molar-refractivity contribution in [3.8, 4) is 28.5 Å². The minimum Gasteiger partial charge on any atom is -0.496 e. The predicted molar refractivity (Wildman–Crippen MR) is 101 cm³/mol. The molecule has 0 saturated carbocycles. The first-order chi connectivity index (χ1) is 12.2. The number of hydrogen-bond acceptors (Lipinski definition) is 7. The number of thiazole rings is 1. The van der Waals surface area contributed by atoms with Gasteiger partial charge in [0.2, 0.25) is 0 Å². The van der Waals surface area contributed by atoms with Gasteiger partial charge in [-0.1, -0.05) is 0 Å². The lowest BCUT2D eigenvalue weighted by atomic mass is 10.1. The third-order valence-corrected chi connectivity index (χ3v) is 5.46. The van der Waals surface area contributed by atoms with Gasteiger partial charge in [0.15, 0.2) is 5.13 Å². The molecule has 2 aromatic rings. The Labute approximate surface area is 152 Å². The minimum absolute atomic E-state index is 0.561. The van der Waals surface area contributed by atoms with Crippen LogP contribution in [-0.2, 0) is 6.42 Å². The molecule has 1 aromatic heterocycles. The summed E-state index contributed by atoms with van der Waals surface area (Å²) in [4.78, 5) is 8.22. The number of rotatable bonds is 7. The molecule has 136 valence electrons. The molecule has 2 heterocycles. The van der Waals surface area contributed by atoms with Gasteiger partial charge < -0.3 is 24.8 Å². The van der Waals surface area contributed by atoms with E-state index in [1.54, 1.807) is 21.3 Å². The average Bonchev–Trinajstić information content (AvgIpc) is 3.27. The minimum atomic E-state index is 0.561. The maximum atomic E-state index is 6.03. The number of ether oxygens (including phenoxy) is 3. The number of benzene rings is 1. The van der Waals surface area contributed by atoms with Crippen LogP contribution < -0.4 is 19.9 Å². The van der Waals surface area contributed by atoms with Gasteiger partial charge in [0.25, 0.3) is 0 Å². The second-order valence-electron chi connectivity index (χ2n) is 6.03. The molecule has 0 spiro atoms. The van der Waals surface area contributed by atoms with Crippen molar-refractivity contribution in [2.24, 2.45) is 0 Å². The topological polar surface area (TPSA) is 69.8 Å². The van der Waals surface area contributed by atoms with Crippen LogP contribution in [0, 0.1) is 0 Å². The van der Waals surface area contributed by atoms with E-state index in [-0.39, 0.29) is 0 Å². The SMILES string of the molecule is COc1cc(OC)c(-c2nc(N)sc2CCN2CCCC2)c(OC)c1. The van der Waals surface area contributed by atoms with E-state index < -0.39 is 0 Å². The lowest BCUT2D eigenvalue weighted by molar-refractivity contribution is 0.344. The zero-order valence-electron chi connectivity index (χ0n) is 15.0. The van der Waals surface area contributed by atoms with Crippen LogP contribution in [0.1, 0.15) is 17.7 Å². The first-order valence-corrected chi connectivity index (χ1v) is 9.25. The van der Waals surface area contributed by atoms with Gasteiger partial charge in [0, 0.05) is 23.6 Å². The lowest BCUT2D eigenvalue weighted by Crippen LogP contribution is -2.21. The summed E-state index contributed by atoms with van der Waals surface area (Å²) < 4.78 is 16.5. The van der Waals surface area contributed by atoms with Crippen molar-refractivity contribution in [2.45, 2.75) is 19.3 Å². The van der Waals surface area contributed by atoms with E-state index in [2.05, 4.69) is 9.88 Å². The molecule has 0 bridgehead atoms. The van der Waals surface area contributed by atoms with Crippen LogP contribution in [0.3, 0.4) is 0 Å². The van der Waals surface area contributed by atoms with Gasteiger partial charge in [-0.3, -0.25) is 0 Å². The molecule has 0 aliphatic carbocycles. The molecule has 0 amide bonds. The number of likely N-dealkylation sites (tertiary alicyclic amines) is 1. The van der Waals surface area contributed by atoms with Gasteiger partial charge in [0.1, 0.15) is 17.2 Å². The van der Waals surface area contributed by atoms with Crippen molar-refractivity contribution in [3.63, 3.8) is 0 Å². The molecule has 25 heavy (non-hydrogen) atoms. The molecule has 3 rings (SSSR count). The largest absolute Gasteiger partial charge is 0.496 e. The Morgan fingerprint density at radius 1 is 1.08 bits per heavy atom. The Morgan fingerprint density at radius 2 is 1.72 bits per heavy atom. The number of methoxy groups -OCH3 is 3. The molecule has 1 fully saturated rings. The summed E-state index contributed by atoms with van der Waals surface area (Å²) in [7, 11) is 4.89. The predicted octanol–water partition coefficient (Wildman–Crippen LogP) is 3.06. The summed E-state index contributed by atoms with van der Waals surface area (Å²) in [6, 6.07) is 3.69. The second kappa shape index (κ2) is 7.93. The Hall–Kier alpha value is -1.99.